The molecule has 0 unspecified atom stereocenters. The van der Waals surface area contributed by atoms with E-state index in [0.29, 0.717) is 18.0 Å². The number of methoxy groups -OCH3 is 1. The highest BCUT2D eigenvalue weighted by Gasteiger charge is 2.07. The molecule has 1 aromatic rings. The molecule has 0 saturated carbocycles. The SMILES string of the molecule is COc1cc(CCN)ccc1OC(N)=O. The van der Waals surface area contributed by atoms with Gasteiger partial charge in [0.1, 0.15) is 0 Å². The number of hydrogen-bond donors (Lipinski definition) is 2. The van der Waals surface area contributed by atoms with Gasteiger partial charge >= 0.3 is 6.09 Å². The van der Waals surface area contributed by atoms with E-state index in [4.69, 9.17) is 20.9 Å². The first-order chi connectivity index (χ1) is 7.17. The highest BCUT2D eigenvalue weighted by molar-refractivity contribution is 5.69. The van der Waals surface area contributed by atoms with E-state index < -0.39 is 6.09 Å². The van der Waals surface area contributed by atoms with Crippen LogP contribution in [0.2, 0.25) is 0 Å². The first kappa shape index (κ1) is 11.3. The molecule has 0 aliphatic carbocycles. The van der Waals surface area contributed by atoms with Crippen LogP contribution in [0.15, 0.2) is 18.2 Å². The molecular weight excluding hydrogens is 196 g/mol. The van der Waals surface area contributed by atoms with Gasteiger partial charge in [0.2, 0.25) is 0 Å². The molecule has 0 aliphatic rings. The molecule has 0 radical (unpaired) electrons. The predicted octanol–water partition coefficient (Wildman–Crippen LogP) is 0.654. The fourth-order valence-corrected chi connectivity index (χ4v) is 1.23. The Morgan fingerprint density at radius 1 is 1.40 bits per heavy atom. The summed E-state index contributed by atoms with van der Waals surface area (Å²) in [5, 5.41) is 0. The van der Waals surface area contributed by atoms with Crippen LogP contribution in [0.4, 0.5) is 4.79 Å². The molecule has 1 aromatic carbocycles. The average molecular weight is 210 g/mol. The molecule has 82 valence electrons. The molecule has 0 aromatic heterocycles. The van der Waals surface area contributed by atoms with E-state index in [1.54, 1.807) is 12.1 Å². The van der Waals surface area contributed by atoms with E-state index in [9.17, 15) is 4.79 Å². The minimum Gasteiger partial charge on any atom is -0.493 e. The normalized spacial score (nSPS) is 9.73. The Kier molecular flexibility index (Phi) is 3.93. The number of rotatable bonds is 4. The van der Waals surface area contributed by atoms with E-state index in [1.165, 1.54) is 7.11 Å². The van der Waals surface area contributed by atoms with Gasteiger partial charge in [-0.05, 0) is 30.7 Å². The Morgan fingerprint density at radius 2 is 2.13 bits per heavy atom. The van der Waals surface area contributed by atoms with Crippen molar-refractivity contribution in [1.82, 2.24) is 0 Å². The fraction of sp³-hybridized carbons (Fsp3) is 0.300. The minimum absolute atomic E-state index is 0.311. The van der Waals surface area contributed by atoms with Crippen LogP contribution in [0.1, 0.15) is 5.56 Å². The number of carbonyl (C=O) groups is 1. The van der Waals surface area contributed by atoms with Gasteiger partial charge in [0.25, 0.3) is 0 Å². The van der Waals surface area contributed by atoms with E-state index in [-0.39, 0.29) is 0 Å². The minimum atomic E-state index is -0.861. The Bertz CT molecular complexity index is 353. The molecule has 15 heavy (non-hydrogen) atoms. The quantitative estimate of drug-likeness (QED) is 0.763. The van der Waals surface area contributed by atoms with Crippen molar-refractivity contribution in [2.75, 3.05) is 13.7 Å². The zero-order valence-corrected chi connectivity index (χ0v) is 8.53. The van der Waals surface area contributed by atoms with Crippen molar-refractivity contribution < 1.29 is 14.3 Å². The highest BCUT2D eigenvalue weighted by Crippen LogP contribution is 2.28. The number of ether oxygens (including phenoxy) is 2. The second-order valence-corrected chi connectivity index (χ2v) is 2.94. The predicted molar refractivity (Wildman–Crippen MR) is 56.0 cm³/mol. The summed E-state index contributed by atoms with van der Waals surface area (Å²) < 4.78 is 9.81. The van der Waals surface area contributed by atoms with Crippen LogP contribution in [0.3, 0.4) is 0 Å². The maximum Gasteiger partial charge on any atom is 0.410 e. The summed E-state index contributed by atoms with van der Waals surface area (Å²) in [6.07, 6.45) is -0.118. The summed E-state index contributed by atoms with van der Waals surface area (Å²) in [7, 11) is 1.50. The van der Waals surface area contributed by atoms with Crippen molar-refractivity contribution >= 4 is 6.09 Å². The standard InChI is InChI=1S/C10H14N2O3/c1-14-9-6-7(4-5-11)2-3-8(9)15-10(12)13/h2-3,6H,4-5,11H2,1H3,(H2,12,13). The number of nitrogens with two attached hydrogens (primary N) is 2. The summed E-state index contributed by atoms with van der Waals surface area (Å²) in [4.78, 5) is 10.6. The summed E-state index contributed by atoms with van der Waals surface area (Å²) in [5.41, 5.74) is 11.4. The van der Waals surface area contributed by atoms with Crippen LogP contribution in [-0.2, 0) is 6.42 Å². The van der Waals surface area contributed by atoms with E-state index in [0.717, 1.165) is 12.0 Å². The second kappa shape index (κ2) is 5.21. The van der Waals surface area contributed by atoms with Crippen LogP contribution in [0.5, 0.6) is 11.5 Å². The Labute approximate surface area is 88.0 Å². The number of primary amides is 1. The van der Waals surface area contributed by atoms with Crippen LogP contribution in [0.25, 0.3) is 0 Å². The monoisotopic (exact) mass is 210 g/mol. The lowest BCUT2D eigenvalue weighted by Crippen LogP contribution is -2.16. The first-order valence-corrected chi connectivity index (χ1v) is 4.51. The molecule has 0 saturated heterocycles. The van der Waals surface area contributed by atoms with Crippen LogP contribution < -0.4 is 20.9 Å². The largest absolute Gasteiger partial charge is 0.493 e. The third-order valence-electron chi connectivity index (χ3n) is 1.87. The first-order valence-electron chi connectivity index (χ1n) is 4.51. The van der Waals surface area contributed by atoms with Gasteiger partial charge in [-0.25, -0.2) is 4.79 Å². The Hall–Kier alpha value is -1.75. The van der Waals surface area contributed by atoms with Crippen LogP contribution >= 0.6 is 0 Å². The molecule has 0 spiro atoms. The molecule has 0 bridgehead atoms. The third kappa shape index (κ3) is 3.14. The molecule has 0 heterocycles. The maximum atomic E-state index is 10.6. The molecule has 0 fully saturated rings. The van der Waals surface area contributed by atoms with Crippen molar-refractivity contribution in [3.8, 4) is 11.5 Å². The van der Waals surface area contributed by atoms with Gasteiger partial charge < -0.3 is 20.9 Å². The van der Waals surface area contributed by atoms with Gasteiger partial charge in [-0.15, -0.1) is 0 Å². The summed E-state index contributed by atoms with van der Waals surface area (Å²) in [6, 6.07) is 5.22. The van der Waals surface area contributed by atoms with Gasteiger partial charge in [-0.3, -0.25) is 0 Å². The van der Waals surface area contributed by atoms with Gasteiger partial charge in [0.05, 0.1) is 7.11 Å². The lowest BCUT2D eigenvalue weighted by molar-refractivity contribution is 0.208. The number of carbonyl (C=O) groups excluding carboxylic acids is 1. The molecule has 1 rings (SSSR count). The zero-order valence-electron chi connectivity index (χ0n) is 8.53. The second-order valence-electron chi connectivity index (χ2n) is 2.94. The van der Waals surface area contributed by atoms with Crippen LogP contribution in [0, 0.1) is 0 Å². The van der Waals surface area contributed by atoms with Crippen molar-refractivity contribution in [1.29, 1.82) is 0 Å². The number of amides is 1. The smallest absolute Gasteiger partial charge is 0.410 e. The molecule has 0 atom stereocenters. The molecular formula is C10H14N2O3. The fourth-order valence-electron chi connectivity index (χ4n) is 1.23. The number of hydrogen-bond acceptors (Lipinski definition) is 4. The lowest BCUT2D eigenvalue weighted by Gasteiger charge is -2.09. The summed E-state index contributed by atoms with van der Waals surface area (Å²) >= 11 is 0. The molecule has 5 nitrogen and oxygen atoms in total. The van der Waals surface area contributed by atoms with Gasteiger partial charge in [-0.1, -0.05) is 6.07 Å². The van der Waals surface area contributed by atoms with E-state index in [1.807, 2.05) is 6.07 Å². The third-order valence-corrected chi connectivity index (χ3v) is 1.87. The average Bonchev–Trinajstić information content (AvgIpc) is 2.20. The van der Waals surface area contributed by atoms with Gasteiger partial charge in [-0.2, -0.15) is 0 Å². The molecule has 0 aliphatic heterocycles. The number of benzene rings is 1. The van der Waals surface area contributed by atoms with Gasteiger partial charge in [0, 0.05) is 0 Å². The van der Waals surface area contributed by atoms with Gasteiger partial charge in [0.15, 0.2) is 11.5 Å². The molecule has 5 heteroatoms. The Balaban J connectivity index is 2.92. The van der Waals surface area contributed by atoms with Crippen molar-refractivity contribution in [2.45, 2.75) is 6.42 Å². The maximum absolute atomic E-state index is 10.6. The lowest BCUT2D eigenvalue weighted by atomic mass is 10.1. The summed E-state index contributed by atoms with van der Waals surface area (Å²) in [5.74, 6) is 0.783. The highest BCUT2D eigenvalue weighted by atomic mass is 16.6. The topological polar surface area (TPSA) is 87.6 Å². The van der Waals surface area contributed by atoms with Crippen molar-refractivity contribution in [3.63, 3.8) is 0 Å². The molecule has 1 amide bonds. The van der Waals surface area contributed by atoms with E-state index >= 15 is 0 Å². The van der Waals surface area contributed by atoms with Crippen molar-refractivity contribution in [3.05, 3.63) is 23.8 Å². The summed E-state index contributed by atoms with van der Waals surface area (Å²) in [6.45, 7) is 0.555. The van der Waals surface area contributed by atoms with Crippen molar-refractivity contribution in [2.24, 2.45) is 11.5 Å². The zero-order chi connectivity index (χ0) is 11.3. The Morgan fingerprint density at radius 3 is 2.67 bits per heavy atom. The van der Waals surface area contributed by atoms with E-state index in [2.05, 4.69) is 0 Å². The molecule has 4 N–H and O–H groups in total. The van der Waals surface area contributed by atoms with Crippen LogP contribution in [-0.4, -0.2) is 19.7 Å².